The minimum absolute atomic E-state index is 0.0148. The van der Waals surface area contributed by atoms with E-state index in [9.17, 15) is 14.7 Å². The number of carbonyl (C=O) groups is 1. The molecular formula is C29H30N2O7. The lowest BCUT2D eigenvalue weighted by Gasteiger charge is -2.29. The Morgan fingerprint density at radius 3 is 2.50 bits per heavy atom. The Morgan fingerprint density at radius 2 is 1.82 bits per heavy atom. The monoisotopic (exact) mass is 518 g/mol. The fourth-order valence-corrected chi connectivity index (χ4v) is 5.24. The Labute approximate surface area is 219 Å². The number of amides is 1. The number of aryl methyl sites for hydroxylation is 1. The topological polar surface area (TPSA) is 114 Å². The molecule has 5 rings (SSSR count). The van der Waals surface area contributed by atoms with Gasteiger partial charge >= 0.3 is 0 Å². The van der Waals surface area contributed by atoms with Gasteiger partial charge in [0.1, 0.15) is 5.76 Å². The SMILES string of the molecule is COc1cc([C@H](CC(=O)N2CCc3c([nH]c4ccccc34)C2)c2oc(C)cc(=O)c2O)cc(OC)c1OC. The third-order valence-electron chi connectivity index (χ3n) is 7.09. The van der Waals surface area contributed by atoms with E-state index in [-0.39, 0.29) is 18.1 Å². The molecule has 1 atom stereocenters. The summed E-state index contributed by atoms with van der Waals surface area (Å²) in [5.74, 6) is 0.0441. The molecule has 4 aromatic rings. The van der Waals surface area contributed by atoms with Crippen LogP contribution in [0.2, 0.25) is 0 Å². The fraction of sp³-hybridized carbons (Fsp3) is 0.310. The van der Waals surface area contributed by atoms with Crippen LogP contribution in [0.15, 0.2) is 51.7 Å². The number of ether oxygens (including phenoxy) is 3. The summed E-state index contributed by atoms with van der Waals surface area (Å²) < 4.78 is 22.3. The lowest BCUT2D eigenvalue weighted by molar-refractivity contribution is -0.132. The number of hydrogen-bond acceptors (Lipinski definition) is 7. The number of benzene rings is 2. The number of nitrogens with one attached hydrogen (secondary N) is 1. The number of carbonyl (C=O) groups excluding carboxylic acids is 1. The molecule has 0 bridgehead atoms. The van der Waals surface area contributed by atoms with Crippen molar-refractivity contribution in [2.45, 2.75) is 32.2 Å². The zero-order valence-electron chi connectivity index (χ0n) is 21.8. The second kappa shape index (κ2) is 10.2. The van der Waals surface area contributed by atoms with Gasteiger partial charge in [0.2, 0.25) is 22.8 Å². The molecule has 0 radical (unpaired) electrons. The van der Waals surface area contributed by atoms with Gasteiger partial charge in [-0.2, -0.15) is 0 Å². The molecule has 0 fully saturated rings. The maximum Gasteiger partial charge on any atom is 0.227 e. The minimum Gasteiger partial charge on any atom is -0.502 e. The van der Waals surface area contributed by atoms with Gasteiger partial charge in [-0.05, 0) is 42.7 Å². The van der Waals surface area contributed by atoms with Crippen molar-refractivity contribution in [1.82, 2.24) is 9.88 Å². The summed E-state index contributed by atoms with van der Waals surface area (Å²) in [5.41, 5.74) is 3.29. The Morgan fingerprint density at radius 1 is 1.11 bits per heavy atom. The van der Waals surface area contributed by atoms with E-state index in [0.717, 1.165) is 17.6 Å². The number of aromatic hydroxyl groups is 1. The van der Waals surface area contributed by atoms with Gasteiger partial charge in [0.25, 0.3) is 0 Å². The molecule has 9 heteroatoms. The molecular weight excluding hydrogens is 488 g/mol. The first kappa shape index (κ1) is 25.3. The summed E-state index contributed by atoms with van der Waals surface area (Å²) >= 11 is 0. The van der Waals surface area contributed by atoms with Crippen LogP contribution in [-0.2, 0) is 17.8 Å². The number of para-hydroxylation sites is 1. The molecule has 2 aromatic carbocycles. The normalized spacial score (nSPS) is 13.7. The van der Waals surface area contributed by atoms with Gasteiger partial charge in [-0.25, -0.2) is 0 Å². The summed E-state index contributed by atoms with van der Waals surface area (Å²) in [4.78, 5) is 31.4. The molecule has 0 unspecified atom stereocenters. The third kappa shape index (κ3) is 4.44. The van der Waals surface area contributed by atoms with Gasteiger partial charge in [-0.3, -0.25) is 9.59 Å². The van der Waals surface area contributed by atoms with Crippen molar-refractivity contribution in [3.05, 3.63) is 81.0 Å². The summed E-state index contributed by atoms with van der Waals surface area (Å²) in [5, 5.41) is 11.9. The fourth-order valence-electron chi connectivity index (χ4n) is 5.24. The average Bonchev–Trinajstić information content (AvgIpc) is 3.30. The molecule has 0 saturated carbocycles. The van der Waals surface area contributed by atoms with E-state index in [1.807, 2.05) is 18.2 Å². The Balaban J connectivity index is 1.54. The van der Waals surface area contributed by atoms with Gasteiger partial charge in [0.15, 0.2) is 17.3 Å². The standard InChI is InChI=1S/C29H30N2O7/c1-16-11-23(32)27(34)28(38-16)20(17-12-24(35-2)29(37-4)25(13-17)36-3)14-26(33)31-10-9-19-18-7-5-6-8-21(18)30-22(19)15-31/h5-8,11-13,20,30,34H,9-10,14-15H2,1-4H3/t20-/m0/s1. The Hall–Kier alpha value is -4.40. The molecule has 2 N–H and O–H groups in total. The molecule has 0 saturated heterocycles. The second-order valence-corrected chi connectivity index (χ2v) is 9.34. The molecule has 0 spiro atoms. The van der Waals surface area contributed by atoms with Crippen molar-refractivity contribution in [2.24, 2.45) is 0 Å². The highest BCUT2D eigenvalue weighted by atomic mass is 16.5. The van der Waals surface area contributed by atoms with Crippen molar-refractivity contribution in [2.75, 3.05) is 27.9 Å². The second-order valence-electron chi connectivity index (χ2n) is 9.34. The number of H-pyrrole nitrogens is 1. The summed E-state index contributed by atoms with van der Waals surface area (Å²) in [6.07, 6.45) is 0.679. The van der Waals surface area contributed by atoms with Gasteiger partial charge in [-0.1, -0.05) is 18.2 Å². The van der Waals surface area contributed by atoms with E-state index >= 15 is 0 Å². The maximum absolute atomic E-state index is 13.7. The van der Waals surface area contributed by atoms with Crippen LogP contribution < -0.4 is 19.6 Å². The molecule has 3 heterocycles. The van der Waals surface area contributed by atoms with E-state index in [1.165, 1.54) is 38.3 Å². The zero-order chi connectivity index (χ0) is 27.0. The van der Waals surface area contributed by atoms with Crippen molar-refractivity contribution in [3.63, 3.8) is 0 Å². The minimum atomic E-state index is -0.784. The number of aromatic amines is 1. The van der Waals surface area contributed by atoms with Crippen molar-refractivity contribution >= 4 is 16.8 Å². The quantitative estimate of drug-likeness (QED) is 0.376. The van der Waals surface area contributed by atoms with Crippen LogP contribution in [0.5, 0.6) is 23.0 Å². The van der Waals surface area contributed by atoms with E-state index in [4.69, 9.17) is 18.6 Å². The van der Waals surface area contributed by atoms with Crippen molar-refractivity contribution in [1.29, 1.82) is 0 Å². The van der Waals surface area contributed by atoms with Gasteiger partial charge in [0.05, 0.1) is 33.8 Å². The predicted octanol–water partition coefficient (Wildman–Crippen LogP) is 4.27. The van der Waals surface area contributed by atoms with Crippen LogP contribution in [-0.4, -0.2) is 48.8 Å². The third-order valence-corrected chi connectivity index (χ3v) is 7.09. The van der Waals surface area contributed by atoms with Crippen LogP contribution in [0, 0.1) is 6.92 Å². The lowest BCUT2D eigenvalue weighted by atomic mass is 9.90. The maximum atomic E-state index is 13.7. The first-order valence-corrected chi connectivity index (χ1v) is 12.3. The predicted molar refractivity (Wildman–Crippen MR) is 141 cm³/mol. The van der Waals surface area contributed by atoms with E-state index in [1.54, 1.807) is 24.0 Å². The van der Waals surface area contributed by atoms with E-state index < -0.39 is 17.1 Å². The number of rotatable bonds is 7. The smallest absolute Gasteiger partial charge is 0.227 e. The number of aromatic nitrogens is 1. The summed E-state index contributed by atoms with van der Waals surface area (Å²) in [6, 6.07) is 12.7. The van der Waals surface area contributed by atoms with E-state index in [0.29, 0.717) is 41.7 Å². The summed E-state index contributed by atoms with van der Waals surface area (Å²) in [6.45, 7) is 2.62. The molecule has 9 nitrogen and oxygen atoms in total. The summed E-state index contributed by atoms with van der Waals surface area (Å²) in [7, 11) is 4.50. The van der Waals surface area contributed by atoms with Crippen molar-refractivity contribution < 1.29 is 28.5 Å². The van der Waals surface area contributed by atoms with Crippen LogP contribution in [0.1, 0.15) is 40.7 Å². The number of methoxy groups -OCH3 is 3. The molecule has 198 valence electrons. The number of fused-ring (bicyclic) bond motifs is 3. The van der Waals surface area contributed by atoms with Gasteiger partial charge < -0.3 is 33.6 Å². The Bertz CT molecular complexity index is 1540. The first-order chi connectivity index (χ1) is 18.3. The Kier molecular flexibility index (Phi) is 6.75. The van der Waals surface area contributed by atoms with E-state index in [2.05, 4.69) is 11.1 Å². The van der Waals surface area contributed by atoms with Gasteiger partial charge in [-0.15, -0.1) is 0 Å². The molecule has 2 aromatic heterocycles. The first-order valence-electron chi connectivity index (χ1n) is 12.3. The highest BCUT2D eigenvalue weighted by Gasteiger charge is 2.31. The molecule has 0 aliphatic carbocycles. The molecule has 38 heavy (non-hydrogen) atoms. The number of hydrogen-bond donors (Lipinski definition) is 2. The van der Waals surface area contributed by atoms with Crippen LogP contribution in [0.4, 0.5) is 0 Å². The average molecular weight is 519 g/mol. The molecule has 1 aliphatic heterocycles. The lowest BCUT2D eigenvalue weighted by Crippen LogP contribution is -2.36. The molecule has 1 aliphatic rings. The highest BCUT2D eigenvalue weighted by molar-refractivity contribution is 5.86. The largest absolute Gasteiger partial charge is 0.502 e. The molecule has 1 amide bonds. The van der Waals surface area contributed by atoms with Crippen molar-refractivity contribution in [3.8, 4) is 23.0 Å². The van der Waals surface area contributed by atoms with Gasteiger partial charge in [0, 0.05) is 35.6 Å². The highest BCUT2D eigenvalue weighted by Crippen LogP contribution is 2.43. The zero-order valence-corrected chi connectivity index (χ0v) is 21.8. The van der Waals surface area contributed by atoms with Crippen LogP contribution in [0.3, 0.4) is 0 Å². The van der Waals surface area contributed by atoms with Crippen LogP contribution >= 0.6 is 0 Å². The number of nitrogens with zero attached hydrogens (tertiary/aromatic N) is 1. The van der Waals surface area contributed by atoms with Crippen LogP contribution in [0.25, 0.3) is 10.9 Å².